The molecule has 0 unspecified atom stereocenters. The van der Waals surface area contributed by atoms with E-state index in [0.29, 0.717) is 32.9 Å². The maximum absolute atomic E-state index is 12.9. The molecule has 8 nitrogen and oxygen atoms in total. The molecule has 2 aromatic heterocycles. The lowest BCUT2D eigenvalue weighted by molar-refractivity contribution is 0.602. The number of aromatic amines is 1. The number of benzene rings is 1. The predicted molar refractivity (Wildman–Crippen MR) is 107 cm³/mol. The van der Waals surface area contributed by atoms with Gasteiger partial charge in [0.2, 0.25) is 5.82 Å². The fraction of sp³-hybridized carbons (Fsp3) is 0.118. The Balaban J connectivity index is 2.00. The first-order valence-corrected chi connectivity index (χ1v) is 10.2. The number of rotatable bonds is 5. The topological polar surface area (TPSA) is 127 Å². The van der Waals surface area contributed by atoms with Gasteiger partial charge in [-0.05, 0) is 48.1 Å². The Morgan fingerprint density at radius 1 is 1.41 bits per heavy atom. The summed E-state index contributed by atoms with van der Waals surface area (Å²) in [4.78, 5) is 0. The van der Waals surface area contributed by atoms with Crippen molar-refractivity contribution in [1.82, 2.24) is 20.6 Å². The van der Waals surface area contributed by atoms with Gasteiger partial charge in [0.1, 0.15) is 4.21 Å². The van der Waals surface area contributed by atoms with Crippen LogP contribution in [0.15, 0.2) is 40.2 Å². The molecule has 0 atom stereocenters. The van der Waals surface area contributed by atoms with E-state index >= 15 is 0 Å². The lowest BCUT2D eigenvalue weighted by Crippen LogP contribution is -2.21. The highest BCUT2D eigenvalue weighted by molar-refractivity contribution is 7.94. The summed E-state index contributed by atoms with van der Waals surface area (Å²) in [6.45, 7) is 7.50. The number of anilines is 1. The van der Waals surface area contributed by atoms with Crippen molar-refractivity contribution in [3.63, 3.8) is 0 Å². The molecule has 0 saturated carbocycles. The van der Waals surface area contributed by atoms with Crippen LogP contribution in [0.2, 0.25) is 0 Å². The quantitative estimate of drug-likeness (QED) is 0.586. The average molecular weight is 403 g/mol. The first-order chi connectivity index (χ1) is 12.8. The van der Waals surface area contributed by atoms with E-state index in [1.165, 1.54) is 0 Å². The molecular weight excluding hydrogens is 384 g/mol. The number of nitrogens with one attached hydrogen (secondary N) is 2. The summed E-state index contributed by atoms with van der Waals surface area (Å²) in [6, 6.07) is 6.77. The number of nitrogens with zero attached hydrogens (tertiary/aromatic N) is 3. The van der Waals surface area contributed by atoms with Crippen molar-refractivity contribution in [1.29, 1.82) is 0 Å². The van der Waals surface area contributed by atoms with Crippen LogP contribution in [-0.4, -0.2) is 29.0 Å². The van der Waals surface area contributed by atoms with Crippen LogP contribution in [0.1, 0.15) is 12.5 Å². The van der Waals surface area contributed by atoms with Crippen LogP contribution in [0.25, 0.3) is 24.0 Å². The molecule has 140 valence electrons. The summed E-state index contributed by atoms with van der Waals surface area (Å²) in [5.41, 5.74) is 8.04. The third-order valence-electron chi connectivity index (χ3n) is 3.83. The van der Waals surface area contributed by atoms with Crippen LogP contribution in [0.4, 0.5) is 5.69 Å². The number of allylic oxidation sites excluding steroid dienone is 2. The van der Waals surface area contributed by atoms with Gasteiger partial charge >= 0.3 is 0 Å². The molecule has 1 aromatic carbocycles. The zero-order chi connectivity index (χ0) is 19.6. The summed E-state index contributed by atoms with van der Waals surface area (Å²) >= 11 is 1.11. The molecule has 3 rings (SSSR count). The number of tetrazole rings is 1. The number of thiophene rings is 1. The molecule has 3 aromatic rings. The highest BCUT2D eigenvalue weighted by Crippen LogP contribution is 2.23. The molecule has 0 saturated heterocycles. The van der Waals surface area contributed by atoms with E-state index in [2.05, 4.69) is 31.9 Å². The minimum Gasteiger partial charge on any atom is -0.399 e. The molecule has 0 radical (unpaired) electrons. The lowest BCUT2D eigenvalue weighted by atomic mass is 10.2. The van der Waals surface area contributed by atoms with Crippen LogP contribution >= 0.6 is 11.3 Å². The molecule has 10 heteroatoms. The van der Waals surface area contributed by atoms with E-state index in [0.717, 1.165) is 16.6 Å². The van der Waals surface area contributed by atoms with Crippen molar-refractivity contribution in [2.45, 2.75) is 18.1 Å². The molecule has 0 aliphatic heterocycles. The molecule has 0 aliphatic rings. The number of nitrogens with two attached hydrogens (primary N) is 1. The molecule has 0 fully saturated rings. The maximum Gasteiger partial charge on any atom is 0.271 e. The van der Waals surface area contributed by atoms with Gasteiger partial charge in [-0.2, -0.15) is 5.21 Å². The van der Waals surface area contributed by atoms with Crippen molar-refractivity contribution in [3.05, 3.63) is 51.4 Å². The van der Waals surface area contributed by atoms with Crippen molar-refractivity contribution >= 4 is 39.7 Å². The zero-order valence-electron chi connectivity index (χ0n) is 14.7. The monoisotopic (exact) mass is 402 g/mol. The highest BCUT2D eigenvalue weighted by atomic mass is 32.2. The molecular formula is C17H18N6O2S2. The van der Waals surface area contributed by atoms with E-state index in [9.17, 15) is 8.42 Å². The van der Waals surface area contributed by atoms with E-state index in [1.807, 2.05) is 6.92 Å². The fourth-order valence-electron chi connectivity index (χ4n) is 2.47. The van der Waals surface area contributed by atoms with Gasteiger partial charge < -0.3 is 5.73 Å². The zero-order valence-corrected chi connectivity index (χ0v) is 16.4. The van der Waals surface area contributed by atoms with Crippen molar-refractivity contribution < 1.29 is 8.42 Å². The van der Waals surface area contributed by atoms with Gasteiger partial charge in [-0.1, -0.05) is 24.8 Å². The largest absolute Gasteiger partial charge is 0.399 e. The second-order valence-corrected chi connectivity index (χ2v) is 8.69. The molecule has 2 heterocycles. The van der Waals surface area contributed by atoms with Crippen LogP contribution in [0.5, 0.6) is 0 Å². The first kappa shape index (κ1) is 18.8. The van der Waals surface area contributed by atoms with Gasteiger partial charge in [0, 0.05) is 21.5 Å². The summed E-state index contributed by atoms with van der Waals surface area (Å²) in [6.07, 6.45) is 3.47. The van der Waals surface area contributed by atoms with Crippen LogP contribution in [-0.2, 0) is 10.0 Å². The standard InChI is InChI=1S/C17H18N6O2S2/c1-4-13(18)9-15-10(2)17(26-11(15)3)27(24,25)21-14-7-5-6-12(8-14)16-19-22-23-20-16/h4-9,21H,3,18H2,1-2H3,(H,19,20,22,23)/b13-4+,15-9-. The third kappa shape index (κ3) is 3.91. The molecule has 27 heavy (non-hydrogen) atoms. The Bertz CT molecular complexity index is 1210. The van der Waals surface area contributed by atoms with Crippen molar-refractivity contribution in [2.75, 3.05) is 4.72 Å². The molecule has 0 spiro atoms. The highest BCUT2D eigenvalue weighted by Gasteiger charge is 2.21. The van der Waals surface area contributed by atoms with Crippen molar-refractivity contribution in [3.8, 4) is 11.4 Å². The maximum atomic E-state index is 12.9. The molecule has 0 amide bonds. The summed E-state index contributed by atoms with van der Waals surface area (Å²) < 4.78 is 29.2. The fourth-order valence-corrected chi connectivity index (χ4v) is 5.18. The number of aromatic nitrogens is 4. The predicted octanol–water partition coefficient (Wildman–Crippen LogP) is 1.09. The number of H-pyrrole nitrogens is 1. The smallest absolute Gasteiger partial charge is 0.271 e. The normalized spacial score (nSPS) is 13.1. The van der Waals surface area contributed by atoms with Crippen LogP contribution < -0.4 is 20.2 Å². The minimum atomic E-state index is -3.79. The van der Waals surface area contributed by atoms with Crippen molar-refractivity contribution in [2.24, 2.45) is 5.73 Å². The number of sulfonamides is 1. The molecule has 4 N–H and O–H groups in total. The van der Waals surface area contributed by atoms with E-state index in [1.54, 1.807) is 43.3 Å². The second-order valence-electron chi connectivity index (χ2n) is 5.71. The Morgan fingerprint density at radius 3 is 2.85 bits per heavy atom. The average Bonchev–Trinajstić information content (AvgIpc) is 3.26. The second kappa shape index (κ2) is 7.33. The SMILES string of the molecule is C=c1sc(S(=O)(=O)Nc2cccc(-c3nn[nH]n3)c2)c(C)/c1=C/C(N)=C\C. The van der Waals surface area contributed by atoms with Gasteiger partial charge in [0.15, 0.2) is 0 Å². The van der Waals surface area contributed by atoms with Gasteiger partial charge in [0.05, 0.1) is 0 Å². The van der Waals surface area contributed by atoms with Gasteiger partial charge in [0.25, 0.3) is 10.0 Å². The Labute approximate surface area is 160 Å². The number of hydrogen-bond acceptors (Lipinski definition) is 7. The summed E-state index contributed by atoms with van der Waals surface area (Å²) in [5, 5.41) is 14.4. The first-order valence-electron chi connectivity index (χ1n) is 7.90. The summed E-state index contributed by atoms with van der Waals surface area (Å²) in [7, 11) is -3.79. The Morgan fingerprint density at radius 2 is 2.19 bits per heavy atom. The van der Waals surface area contributed by atoms with Crippen LogP contribution in [0, 0.1) is 6.92 Å². The summed E-state index contributed by atoms with van der Waals surface area (Å²) in [5.74, 6) is 0.377. The van der Waals surface area contributed by atoms with Gasteiger partial charge in [-0.3, -0.25) is 4.72 Å². The van der Waals surface area contributed by atoms with E-state index in [4.69, 9.17) is 5.73 Å². The number of hydrogen-bond donors (Lipinski definition) is 3. The minimum absolute atomic E-state index is 0.201. The lowest BCUT2D eigenvalue weighted by Gasteiger charge is -2.08. The Hall–Kier alpha value is -2.98. The third-order valence-corrected chi connectivity index (χ3v) is 7.00. The van der Waals surface area contributed by atoms with Gasteiger partial charge in [-0.15, -0.1) is 21.5 Å². The van der Waals surface area contributed by atoms with E-state index in [-0.39, 0.29) is 4.21 Å². The van der Waals surface area contributed by atoms with Crippen LogP contribution in [0.3, 0.4) is 0 Å². The van der Waals surface area contributed by atoms with E-state index < -0.39 is 10.0 Å². The Kier molecular flexibility index (Phi) is 5.10. The van der Waals surface area contributed by atoms with Gasteiger partial charge in [-0.25, -0.2) is 8.42 Å². The molecule has 0 aliphatic carbocycles. The molecule has 0 bridgehead atoms.